The predicted molar refractivity (Wildman–Crippen MR) is 93.6 cm³/mol. The monoisotopic (exact) mass is 383 g/mol. The first kappa shape index (κ1) is 19.2. The van der Waals surface area contributed by atoms with Gasteiger partial charge < -0.3 is 4.90 Å². The Labute approximate surface area is 154 Å². The average Bonchev–Trinajstić information content (AvgIpc) is 2.88. The largest absolute Gasteiger partial charge is 0.416 e. The molecular weight excluding hydrogens is 363 g/mol. The molecule has 0 saturated carbocycles. The van der Waals surface area contributed by atoms with Gasteiger partial charge in [-0.1, -0.05) is 6.07 Å². The topological polar surface area (TPSA) is 67.4 Å². The number of aromatic nitrogens is 2. The van der Waals surface area contributed by atoms with Crippen LogP contribution in [-0.2, 0) is 12.8 Å². The lowest BCUT2D eigenvalue weighted by atomic mass is 10.1. The molecular formula is C17H20F3N5O2. The molecule has 0 aliphatic carbocycles. The van der Waals surface area contributed by atoms with Gasteiger partial charge in [0.2, 0.25) is 0 Å². The summed E-state index contributed by atoms with van der Waals surface area (Å²) in [6.45, 7) is 6.08. The Morgan fingerprint density at radius 3 is 2.41 bits per heavy atom. The van der Waals surface area contributed by atoms with Crippen LogP contribution >= 0.6 is 0 Å². The van der Waals surface area contributed by atoms with Gasteiger partial charge in [-0.2, -0.15) is 18.3 Å². The molecule has 7 nitrogen and oxygen atoms in total. The Bertz CT molecular complexity index is 842. The van der Waals surface area contributed by atoms with Crippen LogP contribution in [-0.4, -0.2) is 45.8 Å². The van der Waals surface area contributed by atoms with Gasteiger partial charge in [0.1, 0.15) is 11.4 Å². The zero-order valence-electron chi connectivity index (χ0n) is 15.0. The van der Waals surface area contributed by atoms with Crippen LogP contribution < -0.4 is 4.90 Å². The van der Waals surface area contributed by atoms with Crippen LogP contribution in [0.15, 0.2) is 24.3 Å². The highest BCUT2D eigenvalue weighted by molar-refractivity contribution is 5.49. The number of aryl methyl sites for hydroxylation is 1. The molecule has 1 aromatic carbocycles. The number of anilines is 1. The van der Waals surface area contributed by atoms with Crippen molar-refractivity contribution in [3.05, 3.63) is 51.3 Å². The van der Waals surface area contributed by atoms with Crippen molar-refractivity contribution in [3.8, 4) is 0 Å². The number of alkyl halides is 3. The number of nitrogens with zero attached hydrogens (tertiary/aromatic N) is 5. The second-order valence-electron chi connectivity index (χ2n) is 6.57. The zero-order chi connectivity index (χ0) is 19.8. The molecule has 27 heavy (non-hydrogen) atoms. The molecule has 10 heteroatoms. The summed E-state index contributed by atoms with van der Waals surface area (Å²) in [5.74, 6) is 0. The van der Waals surface area contributed by atoms with E-state index in [9.17, 15) is 23.3 Å². The van der Waals surface area contributed by atoms with E-state index in [2.05, 4.69) is 10.00 Å². The maximum Gasteiger partial charge on any atom is 0.416 e. The fourth-order valence-corrected chi connectivity index (χ4v) is 3.31. The smallest absolute Gasteiger partial charge is 0.369 e. The lowest BCUT2D eigenvalue weighted by molar-refractivity contribution is -0.386. The molecule has 2 aromatic rings. The lowest BCUT2D eigenvalue weighted by Crippen LogP contribution is -2.47. The summed E-state index contributed by atoms with van der Waals surface area (Å²) in [7, 11) is 0. The van der Waals surface area contributed by atoms with Crippen molar-refractivity contribution in [2.24, 2.45) is 0 Å². The third kappa shape index (κ3) is 4.05. The van der Waals surface area contributed by atoms with E-state index in [0.29, 0.717) is 49.9 Å². The molecule has 1 fully saturated rings. The molecule has 3 rings (SSSR count). The average molecular weight is 383 g/mol. The highest BCUT2D eigenvalue weighted by Gasteiger charge is 2.31. The quantitative estimate of drug-likeness (QED) is 0.599. The number of piperazine rings is 1. The van der Waals surface area contributed by atoms with Gasteiger partial charge in [-0.05, 0) is 32.0 Å². The van der Waals surface area contributed by atoms with Gasteiger partial charge in [0, 0.05) is 31.9 Å². The minimum atomic E-state index is -4.36. The fourth-order valence-electron chi connectivity index (χ4n) is 3.31. The van der Waals surface area contributed by atoms with E-state index in [-0.39, 0.29) is 5.69 Å². The SMILES string of the molecule is Cc1nn(CN2CCN(c3cccc(C(F)(F)F)c3)CC2)c(C)c1[N+](=O)[O-]. The molecule has 1 aliphatic rings. The second-order valence-corrected chi connectivity index (χ2v) is 6.57. The maximum atomic E-state index is 12.9. The standard InChI is InChI=1S/C17H20F3N5O2/c1-12-16(25(26)27)13(2)24(21-12)11-22-6-8-23(9-7-22)15-5-3-4-14(10-15)17(18,19)20/h3-5,10H,6-9,11H2,1-2H3. The minimum Gasteiger partial charge on any atom is -0.369 e. The number of nitro groups is 1. The predicted octanol–water partition coefficient (Wildman–Crippen LogP) is 3.21. The number of hydrogen-bond acceptors (Lipinski definition) is 5. The molecule has 0 bridgehead atoms. The van der Waals surface area contributed by atoms with Crippen molar-refractivity contribution >= 4 is 11.4 Å². The Hall–Kier alpha value is -2.62. The van der Waals surface area contributed by atoms with Crippen molar-refractivity contribution in [1.82, 2.24) is 14.7 Å². The van der Waals surface area contributed by atoms with Crippen molar-refractivity contribution in [2.45, 2.75) is 26.7 Å². The van der Waals surface area contributed by atoms with Crippen LogP contribution in [0.5, 0.6) is 0 Å². The van der Waals surface area contributed by atoms with Gasteiger partial charge in [0.15, 0.2) is 0 Å². The van der Waals surface area contributed by atoms with Gasteiger partial charge >= 0.3 is 11.9 Å². The Balaban J connectivity index is 1.65. The molecule has 0 amide bonds. The summed E-state index contributed by atoms with van der Waals surface area (Å²) in [5, 5.41) is 15.3. The van der Waals surface area contributed by atoms with E-state index >= 15 is 0 Å². The summed E-state index contributed by atoms with van der Waals surface area (Å²) in [6, 6.07) is 5.32. The van der Waals surface area contributed by atoms with Crippen LogP contribution in [0.2, 0.25) is 0 Å². The molecule has 0 N–H and O–H groups in total. The number of hydrogen-bond donors (Lipinski definition) is 0. The third-order valence-electron chi connectivity index (χ3n) is 4.77. The molecule has 2 heterocycles. The van der Waals surface area contributed by atoms with Gasteiger partial charge in [-0.3, -0.25) is 15.0 Å². The van der Waals surface area contributed by atoms with E-state index in [1.807, 2.05) is 4.90 Å². The molecule has 0 spiro atoms. The highest BCUT2D eigenvalue weighted by Crippen LogP contribution is 2.32. The Morgan fingerprint density at radius 2 is 1.85 bits per heavy atom. The highest BCUT2D eigenvalue weighted by atomic mass is 19.4. The zero-order valence-corrected chi connectivity index (χ0v) is 15.0. The van der Waals surface area contributed by atoms with Gasteiger partial charge in [-0.15, -0.1) is 0 Å². The number of benzene rings is 1. The molecule has 0 atom stereocenters. The third-order valence-corrected chi connectivity index (χ3v) is 4.77. The van der Waals surface area contributed by atoms with Crippen molar-refractivity contribution in [2.75, 3.05) is 31.1 Å². The van der Waals surface area contributed by atoms with Crippen LogP contribution in [0, 0.1) is 24.0 Å². The normalized spacial score (nSPS) is 16.0. The fraction of sp³-hybridized carbons (Fsp3) is 0.471. The summed E-state index contributed by atoms with van der Waals surface area (Å²) in [5.41, 5.74) is 0.791. The molecule has 0 radical (unpaired) electrons. The molecule has 146 valence electrons. The van der Waals surface area contributed by atoms with E-state index in [1.54, 1.807) is 24.6 Å². The first-order valence-electron chi connectivity index (χ1n) is 8.50. The Kier molecular flexibility index (Phi) is 5.09. The molecule has 0 unspecified atom stereocenters. The lowest BCUT2D eigenvalue weighted by Gasteiger charge is -2.36. The van der Waals surface area contributed by atoms with E-state index < -0.39 is 16.7 Å². The van der Waals surface area contributed by atoms with Crippen molar-refractivity contribution < 1.29 is 18.1 Å². The molecule has 1 aromatic heterocycles. The summed E-state index contributed by atoms with van der Waals surface area (Å²) in [4.78, 5) is 14.7. The minimum absolute atomic E-state index is 0.0256. The first-order chi connectivity index (χ1) is 12.7. The Morgan fingerprint density at radius 1 is 1.19 bits per heavy atom. The molecule has 1 aliphatic heterocycles. The van der Waals surface area contributed by atoms with Gasteiger partial charge in [0.25, 0.3) is 0 Å². The summed E-state index contributed by atoms with van der Waals surface area (Å²) < 4.78 is 40.3. The van der Waals surface area contributed by atoms with Crippen LogP contribution in [0.1, 0.15) is 17.0 Å². The summed E-state index contributed by atoms with van der Waals surface area (Å²) in [6.07, 6.45) is -4.36. The van der Waals surface area contributed by atoms with E-state index in [1.165, 1.54) is 12.1 Å². The van der Waals surface area contributed by atoms with Crippen molar-refractivity contribution in [1.29, 1.82) is 0 Å². The van der Waals surface area contributed by atoms with Crippen LogP contribution in [0.4, 0.5) is 24.5 Å². The summed E-state index contributed by atoms with van der Waals surface area (Å²) >= 11 is 0. The van der Waals surface area contributed by atoms with Gasteiger partial charge in [-0.25, -0.2) is 4.68 Å². The van der Waals surface area contributed by atoms with Crippen molar-refractivity contribution in [3.63, 3.8) is 0 Å². The number of halogens is 3. The second kappa shape index (κ2) is 7.18. The van der Waals surface area contributed by atoms with E-state index in [4.69, 9.17) is 0 Å². The first-order valence-corrected chi connectivity index (χ1v) is 8.50. The van der Waals surface area contributed by atoms with Crippen LogP contribution in [0.3, 0.4) is 0 Å². The molecule has 1 saturated heterocycles. The van der Waals surface area contributed by atoms with Gasteiger partial charge in [0.05, 0.1) is 17.2 Å². The number of rotatable bonds is 4. The van der Waals surface area contributed by atoms with E-state index in [0.717, 1.165) is 6.07 Å². The maximum absolute atomic E-state index is 12.9. The van der Waals surface area contributed by atoms with Crippen LogP contribution in [0.25, 0.3) is 0 Å².